The fourth-order valence-corrected chi connectivity index (χ4v) is 1.87. The Labute approximate surface area is 127 Å². The number of benzene rings is 2. The third kappa shape index (κ3) is 4.52. The Morgan fingerprint density at radius 1 is 1.09 bits per heavy atom. The smallest absolute Gasteiger partial charge is 0.409 e. The molecule has 0 fully saturated rings. The normalized spacial score (nSPS) is 9.86. The summed E-state index contributed by atoms with van der Waals surface area (Å²) in [6, 6.07) is 14.2. The summed E-state index contributed by atoms with van der Waals surface area (Å²) in [4.78, 5) is 21.9. The molecule has 6 heteroatoms. The molecule has 2 rings (SSSR count). The van der Waals surface area contributed by atoms with Gasteiger partial charge < -0.3 is 15.2 Å². The Hall–Kier alpha value is -3.02. The molecule has 6 nitrogen and oxygen atoms in total. The summed E-state index contributed by atoms with van der Waals surface area (Å²) < 4.78 is 5.70. The predicted molar refractivity (Wildman–Crippen MR) is 83.2 cm³/mol. The highest BCUT2D eigenvalue weighted by atomic mass is 16.5. The van der Waals surface area contributed by atoms with Gasteiger partial charge in [0.25, 0.3) is 0 Å². The first-order chi connectivity index (χ1) is 10.5. The van der Waals surface area contributed by atoms with Crippen LogP contribution in [0.2, 0.25) is 0 Å². The number of carboxylic acid groups (broad SMARTS) is 1. The van der Waals surface area contributed by atoms with E-state index in [0.29, 0.717) is 23.7 Å². The van der Waals surface area contributed by atoms with Crippen LogP contribution in [0.15, 0.2) is 48.5 Å². The van der Waals surface area contributed by atoms with Gasteiger partial charge in [-0.05, 0) is 17.7 Å². The molecule has 2 amide bonds. The summed E-state index contributed by atoms with van der Waals surface area (Å²) in [5.74, 6) is 0.161. The van der Waals surface area contributed by atoms with Gasteiger partial charge in [0.15, 0.2) is 0 Å². The van der Waals surface area contributed by atoms with E-state index in [0.717, 1.165) is 5.56 Å². The molecular formula is C16H16N2O4. The summed E-state index contributed by atoms with van der Waals surface area (Å²) in [5.41, 5.74) is 1.82. The lowest BCUT2D eigenvalue weighted by atomic mass is 10.2. The van der Waals surface area contributed by atoms with Crippen LogP contribution in [0.3, 0.4) is 0 Å². The van der Waals surface area contributed by atoms with Crippen LogP contribution < -0.4 is 15.4 Å². The van der Waals surface area contributed by atoms with Gasteiger partial charge >= 0.3 is 6.09 Å². The summed E-state index contributed by atoms with van der Waals surface area (Å²) in [6.45, 7) is 1.70. The predicted octanol–water partition coefficient (Wildman–Crippen LogP) is 3.31. The average molecular weight is 300 g/mol. The zero-order valence-electron chi connectivity index (χ0n) is 12.0. The molecule has 0 saturated heterocycles. The van der Waals surface area contributed by atoms with E-state index in [1.165, 1.54) is 13.0 Å². The number of hydrogen-bond acceptors (Lipinski definition) is 3. The highest BCUT2D eigenvalue weighted by Crippen LogP contribution is 2.29. The van der Waals surface area contributed by atoms with Crippen molar-refractivity contribution in [2.75, 3.05) is 10.6 Å². The first-order valence-electron chi connectivity index (χ1n) is 6.63. The fraction of sp³-hybridized carbons (Fsp3) is 0.125. The number of hydrogen-bond donors (Lipinski definition) is 3. The van der Waals surface area contributed by atoms with E-state index in [9.17, 15) is 9.59 Å². The van der Waals surface area contributed by atoms with Crippen molar-refractivity contribution in [3.05, 3.63) is 54.1 Å². The molecule has 0 aliphatic rings. The van der Waals surface area contributed by atoms with Crippen LogP contribution in [0.4, 0.5) is 16.2 Å². The number of ether oxygens (including phenoxy) is 1. The maximum Gasteiger partial charge on any atom is 0.409 e. The molecule has 0 aromatic heterocycles. The molecule has 0 unspecified atom stereocenters. The first kappa shape index (κ1) is 15.4. The zero-order chi connectivity index (χ0) is 15.9. The van der Waals surface area contributed by atoms with Gasteiger partial charge in [-0.2, -0.15) is 0 Å². The SMILES string of the molecule is CC(=O)Nc1ccc(NC(=O)O)cc1OCc1ccccc1. The number of carbonyl (C=O) groups is 2. The molecule has 0 aliphatic heterocycles. The zero-order valence-corrected chi connectivity index (χ0v) is 12.0. The van der Waals surface area contributed by atoms with Crippen molar-refractivity contribution in [3.63, 3.8) is 0 Å². The molecule has 0 bridgehead atoms. The third-order valence-electron chi connectivity index (χ3n) is 2.78. The monoisotopic (exact) mass is 300 g/mol. The van der Waals surface area contributed by atoms with E-state index in [1.54, 1.807) is 12.1 Å². The van der Waals surface area contributed by atoms with Crippen LogP contribution in [0.5, 0.6) is 5.75 Å². The molecule has 0 saturated carbocycles. The van der Waals surface area contributed by atoms with E-state index in [4.69, 9.17) is 9.84 Å². The number of amides is 2. The quantitative estimate of drug-likeness (QED) is 0.790. The lowest BCUT2D eigenvalue weighted by Crippen LogP contribution is -2.10. The van der Waals surface area contributed by atoms with Gasteiger partial charge in [0.1, 0.15) is 12.4 Å². The number of carbonyl (C=O) groups excluding carboxylic acids is 1. The molecule has 0 atom stereocenters. The molecule has 2 aromatic carbocycles. The van der Waals surface area contributed by atoms with Gasteiger partial charge in [-0.3, -0.25) is 10.1 Å². The molecule has 0 spiro atoms. The molecular weight excluding hydrogens is 284 g/mol. The lowest BCUT2D eigenvalue weighted by Gasteiger charge is -2.13. The van der Waals surface area contributed by atoms with Crippen molar-refractivity contribution in [1.82, 2.24) is 0 Å². The minimum atomic E-state index is -1.17. The minimum Gasteiger partial charge on any atom is -0.487 e. The first-order valence-corrected chi connectivity index (χ1v) is 6.63. The Morgan fingerprint density at radius 2 is 1.82 bits per heavy atom. The highest BCUT2D eigenvalue weighted by molar-refractivity contribution is 5.91. The van der Waals surface area contributed by atoms with Crippen LogP contribution >= 0.6 is 0 Å². The second kappa shape index (κ2) is 7.12. The standard InChI is InChI=1S/C16H16N2O4/c1-11(19)17-14-8-7-13(18-16(20)21)9-15(14)22-10-12-5-3-2-4-6-12/h2-9,18H,10H2,1H3,(H,17,19)(H,20,21). The van der Waals surface area contributed by atoms with E-state index in [2.05, 4.69) is 10.6 Å². The largest absolute Gasteiger partial charge is 0.487 e. The van der Waals surface area contributed by atoms with Gasteiger partial charge in [-0.15, -0.1) is 0 Å². The Bertz CT molecular complexity index is 671. The number of nitrogens with one attached hydrogen (secondary N) is 2. The van der Waals surface area contributed by atoms with Crippen LogP contribution in [0.1, 0.15) is 12.5 Å². The van der Waals surface area contributed by atoms with E-state index in [-0.39, 0.29) is 5.91 Å². The van der Waals surface area contributed by atoms with Crippen LogP contribution in [-0.4, -0.2) is 17.1 Å². The number of anilines is 2. The second-order valence-corrected chi connectivity index (χ2v) is 4.60. The second-order valence-electron chi connectivity index (χ2n) is 4.60. The van der Waals surface area contributed by atoms with E-state index in [1.807, 2.05) is 30.3 Å². The van der Waals surface area contributed by atoms with Gasteiger partial charge in [0, 0.05) is 18.7 Å². The maximum atomic E-state index is 11.2. The number of rotatable bonds is 5. The Morgan fingerprint density at radius 3 is 2.45 bits per heavy atom. The molecule has 22 heavy (non-hydrogen) atoms. The maximum absolute atomic E-state index is 11.2. The summed E-state index contributed by atoms with van der Waals surface area (Å²) in [7, 11) is 0. The molecule has 3 N–H and O–H groups in total. The highest BCUT2D eigenvalue weighted by Gasteiger charge is 2.09. The molecule has 2 aromatic rings. The van der Waals surface area contributed by atoms with Crippen molar-refractivity contribution >= 4 is 23.4 Å². The molecule has 0 aliphatic carbocycles. The van der Waals surface area contributed by atoms with Gasteiger partial charge in [-0.1, -0.05) is 30.3 Å². The van der Waals surface area contributed by atoms with Crippen molar-refractivity contribution in [2.45, 2.75) is 13.5 Å². The summed E-state index contributed by atoms with van der Waals surface area (Å²) in [6.07, 6.45) is -1.17. The van der Waals surface area contributed by atoms with E-state index >= 15 is 0 Å². The third-order valence-corrected chi connectivity index (χ3v) is 2.78. The van der Waals surface area contributed by atoms with Crippen molar-refractivity contribution in [3.8, 4) is 5.75 Å². The lowest BCUT2D eigenvalue weighted by molar-refractivity contribution is -0.114. The van der Waals surface area contributed by atoms with Crippen molar-refractivity contribution in [2.24, 2.45) is 0 Å². The van der Waals surface area contributed by atoms with Gasteiger partial charge in [-0.25, -0.2) is 4.79 Å². The van der Waals surface area contributed by atoms with Gasteiger partial charge in [0.2, 0.25) is 5.91 Å². The van der Waals surface area contributed by atoms with Crippen LogP contribution in [-0.2, 0) is 11.4 Å². The Balaban J connectivity index is 2.20. The molecule has 0 heterocycles. The van der Waals surface area contributed by atoms with E-state index < -0.39 is 6.09 Å². The minimum absolute atomic E-state index is 0.233. The Kier molecular flexibility index (Phi) is 4.98. The van der Waals surface area contributed by atoms with Crippen molar-refractivity contribution in [1.29, 1.82) is 0 Å². The average Bonchev–Trinajstić information content (AvgIpc) is 2.47. The van der Waals surface area contributed by atoms with Gasteiger partial charge in [0.05, 0.1) is 5.69 Å². The molecule has 114 valence electrons. The van der Waals surface area contributed by atoms with Crippen LogP contribution in [0.25, 0.3) is 0 Å². The van der Waals surface area contributed by atoms with Crippen LogP contribution in [0, 0.1) is 0 Å². The van der Waals surface area contributed by atoms with Crippen molar-refractivity contribution < 1.29 is 19.4 Å². The summed E-state index contributed by atoms with van der Waals surface area (Å²) in [5, 5.41) is 13.7. The topological polar surface area (TPSA) is 87.7 Å². The molecule has 0 radical (unpaired) electrons. The summed E-state index contributed by atoms with van der Waals surface area (Å²) >= 11 is 0. The fourth-order valence-electron chi connectivity index (χ4n) is 1.87.